The van der Waals surface area contributed by atoms with Gasteiger partial charge in [-0.05, 0) is 57.4 Å². The lowest BCUT2D eigenvalue weighted by atomic mass is 10.1. The second kappa shape index (κ2) is 7.79. The summed E-state index contributed by atoms with van der Waals surface area (Å²) in [5, 5.41) is 6.31. The largest absolute Gasteiger partial charge is 0.339 e. The van der Waals surface area contributed by atoms with Gasteiger partial charge < -0.3 is 15.5 Å². The molecule has 0 aliphatic heterocycles. The van der Waals surface area contributed by atoms with Crippen molar-refractivity contribution in [3.8, 4) is 0 Å². The highest BCUT2D eigenvalue weighted by Crippen LogP contribution is 2.27. The van der Waals surface area contributed by atoms with Crippen LogP contribution in [0.5, 0.6) is 0 Å². The Morgan fingerprint density at radius 2 is 2.04 bits per heavy atom. The second-order valence-corrected chi connectivity index (χ2v) is 6.73. The number of rotatable bonds is 7. The van der Waals surface area contributed by atoms with Crippen LogP contribution in [-0.2, 0) is 4.79 Å². The van der Waals surface area contributed by atoms with Crippen LogP contribution >= 0.6 is 11.6 Å². The lowest BCUT2D eigenvalue weighted by molar-refractivity contribution is -0.115. The number of carbonyl (C=O) groups is 2. The zero-order valence-electron chi connectivity index (χ0n) is 13.9. The first kappa shape index (κ1) is 17.8. The maximum atomic E-state index is 12.3. The number of hydrogen-bond acceptors (Lipinski definition) is 3. The van der Waals surface area contributed by atoms with Crippen molar-refractivity contribution in [2.24, 2.45) is 5.92 Å². The number of carbonyl (C=O) groups excluding carboxylic acids is 2. The van der Waals surface area contributed by atoms with Gasteiger partial charge in [0.05, 0.1) is 17.3 Å². The number of nitrogens with one attached hydrogen (secondary N) is 2. The summed E-state index contributed by atoms with van der Waals surface area (Å²) in [6.07, 6.45) is 2.49. The molecule has 1 fully saturated rings. The molecule has 0 heterocycles. The number of hydrogen-bond donors (Lipinski definition) is 2. The predicted octanol–water partition coefficient (Wildman–Crippen LogP) is 2.76. The van der Waals surface area contributed by atoms with Crippen LogP contribution in [0.4, 0.5) is 5.69 Å². The van der Waals surface area contributed by atoms with E-state index in [1.54, 1.807) is 30.1 Å². The lowest BCUT2D eigenvalue weighted by Crippen LogP contribution is -2.33. The molecule has 0 bridgehead atoms. The van der Waals surface area contributed by atoms with Gasteiger partial charge in [0.25, 0.3) is 5.91 Å². The first-order chi connectivity index (χ1) is 10.9. The zero-order valence-corrected chi connectivity index (χ0v) is 14.6. The molecular weight excluding hydrogens is 314 g/mol. The molecular formula is C17H24ClN3O2. The Bertz CT molecular complexity index is 585. The molecule has 0 saturated heterocycles. The van der Waals surface area contributed by atoms with Crippen LogP contribution in [0.1, 0.15) is 37.0 Å². The minimum atomic E-state index is -0.158. The van der Waals surface area contributed by atoms with Gasteiger partial charge in [0, 0.05) is 18.7 Å². The predicted molar refractivity (Wildman–Crippen MR) is 92.9 cm³/mol. The zero-order chi connectivity index (χ0) is 17.0. The maximum Gasteiger partial charge on any atom is 0.253 e. The SMILES string of the molecule is CC(C)N(C)C(=O)c1ccc(Cl)c(NC(=O)CNCC2CC2)c1. The number of anilines is 1. The number of benzene rings is 1. The van der Waals surface area contributed by atoms with Crippen LogP contribution in [0.2, 0.25) is 5.02 Å². The van der Waals surface area contributed by atoms with E-state index in [4.69, 9.17) is 11.6 Å². The Balaban J connectivity index is 1.98. The molecule has 0 aromatic heterocycles. The smallest absolute Gasteiger partial charge is 0.253 e. The van der Waals surface area contributed by atoms with Crippen LogP contribution in [0.15, 0.2) is 18.2 Å². The Hall–Kier alpha value is -1.59. The van der Waals surface area contributed by atoms with Crippen molar-refractivity contribution in [3.05, 3.63) is 28.8 Å². The quantitative estimate of drug-likeness (QED) is 0.804. The number of nitrogens with zero attached hydrogens (tertiary/aromatic N) is 1. The number of amides is 2. The molecule has 126 valence electrons. The van der Waals surface area contributed by atoms with Gasteiger partial charge in [-0.15, -0.1) is 0 Å². The van der Waals surface area contributed by atoms with E-state index < -0.39 is 0 Å². The molecule has 1 aliphatic carbocycles. The Morgan fingerprint density at radius 1 is 1.35 bits per heavy atom. The van der Waals surface area contributed by atoms with Crippen LogP contribution in [0.3, 0.4) is 0 Å². The summed E-state index contributed by atoms with van der Waals surface area (Å²) in [5.41, 5.74) is 0.972. The summed E-state index contributed by atoms with van der Waals surface area (Å²) in [6.45, 7) is 5.01. The molecule has 6 heteroatoms. The Morgan fingerprint density at radius 3 is 2.65 bits per heavy atom. The average Bonchev–Trinajstić information content (AvgIpc) is 3.32. The molecule has 0 unspecified atom stereocenters. The molecule has 5 nitrogen and oxygen atoms in total. The van der Waals surface area contributed by atoms with Crippen molar-refractivity contribution < 1.29 is 9.59 Å². The van der Waals surface area contributed by atoms with Crippen molar-refractivity contribution in [1.29, 1.82) is 0 Å². The van der Waals surface area contributed by atoms with E-state index in [0.717, 1.165) is 12.5 Å². The molecule has 2 amide bonds. The maximum absolute atomic E-state index is 12.3. The standard InChI is InChI=1S/C17H24ClN3O2/c1-11(2)21(3)17(23)13-6-7-14(18)15(8-13)20-16(22)10-19-9-12-4-5-12/h6-8,11-12,19H,4-5,9-10H2,1-3H3,(H,20,22). The van der Waals surface area contributed by atoms with E-state index in [2.05, 4.69) is 10.6 Å². The molecule has 2 rings (SSSR count). The number of halogens is 1. The third-order valence-corrected chi connectivity index (χ3v) is 4.33. The van der Waals surface area contributed by atoms with Crippen molar-refractivity contribution >= 4 is 29.1 Å². The summed E-state index contributed by atoms with van der Waals surface area (Å²) >= 11 is 6.12. The average molecular weight is 338 g/mol. The summed E-state index contributed by atoms with van der Waals surface area (Å²) < 4.78 is 0. The van der Waals surface area contributed by atoms with Gasteiger partial charge in [0.2, 0.25) is 5.91 Å². The second-order valence-electron chi connectivity index (χ2n) is 6.33. The van der Waals surface area contributed by atoms with Gasteiger partial charge in [0.15, 0.2) is 0 Å². The monoisotopic (exact) mass is 337 g/mol. The summed E-state index contributed by atoms with van der Waals surface area (Å²) in [5.74, 6) is 0.465. The highest BCUT2D eigenvalue weighted by Gasteiger charge is 2.21. The van der Waals surface area contributed by atoms with Gasteiger partial charge in [-0.1, -0.05) is 11.6 Å². The fourth-order valence-electron chi connectivity index (χ4n) is 2.10. The van der Waals surface area contributed by atoms with Gasteiger partial charge in [-0.2, -0.15) is 0 Å². The van der Waals surface area contributed by atoms with E-state index in [9.17, 15) is 9.59 Å². The minimum absolute atomic E-state index is 0.0981. The molecule has 23 heavy (non-hydrogen) atoms. The Kier molecular flexibility index (Phi) is 6.02. The normalized spacial score (nSPS) is 14.0. The van der Waals surface area contributed by atoms with E-state index >= 15 is 0 Å². The fourth-order valence-corrected chi connectivity index (χ4v) is 2.26. The molecule has 1 aromatic carbocycles. The van der Waals surface area contributed by atoms with Gasteiger partial charge in [0.1, 0.15) is 0 Å². The van der Waals surface area contributed by atoms with Crippen molar-refractivity contribution in [1.82, 2.24) is 10.2 Å². The van der Waals surface area contributed by atoms with Gasteiger partial charge in [-0.25, -0.2) is 0 Å². The molecule has 1 aliphatic rings. The van der Waals surface area contributed by atoms with Crippen LogP contribution < -0.4 is 10.6 Å². The summed E-state index contributed by atoms with van der Waals surface area (Å²) in [4.78, 5) is 26.0. The van der Waals surface area contributed by atoms with E-state index in [1.165, 1.54) is 12.8 Å². The molecule has 1 saturated carbocycles. The Labute approximate surface area is 142 Å². The van der Waals surface area contributed by atoms with Crippen molar-refractivity contribution in [2.75, 3.05) is 25.5 Å². The topological polar surface area (TPSA) is 61.4 Å². The first-order valence-corrected chi connectivity index (χ1v) is 8.33. The molecule has 2 N–H and O–H groups in total. The third kappa shape index (κ3) is 5.22. The lowest BCUT2D eigenvalue weighted by Gasteiger charge is -2.22. The molecule has 0 spiro atoms. The van der Waals surface area contributed by atoms with Crippen LogP contribution in [0.25, 0.3) is 0 Å². The third-order valence-electron chi connectivity index (χ3n) is 4.00. The molecule has 0 atom stereocenters. The van der Waals surface area contributed by atoms with Crippen LogP contribution in [-0.4, -0.2) is 42.9 Å². The highest BCUT2D eigenvalue weighted by molar-refractivity contribution is 6.33. The summed E-state index contributed by atoms with van der Waals surface area (Å²) in [6, 6.07) is 5.03. The van der Waals surface area contributed by atoms with E-state index in [-0.39, 0.29) is 24.4 Å². The van der Waals surface area contributed by atoms with E-state index in [1.807, 2.05) is 13.8 Å². The highest BCUT2D eigenvalue weighted by atomic mass is 35.5. The van der Waals surface area contributed by atoms with Gasteiger partial charge >= 0.3 is 0 Å². The summed E-state index contributed by atoms with van der Waals surface area (Å²) in [7, 11) is 1.75. The van der Waals surface area contributed by atoms with E-state index in [0.29, 0.717) is 16.3 Å². The minimum Gasteiger partial charge on any atom is -0.339 e. The van der Waals surface area contributed by atoms with Gasteiger partial charge in [-0.3, -0.25) is 9.59 Å². The van der Waals surface area contributed by atoms with Crippen molar-refractivity contribution in [3.63, 3.8) is 0 Å². The first-order valence-electron chi connectivity index (χ1n) is 7.95. The molecule has 1 aromatic rings. The molecule has 0 radical (unpaired) electrons. The van der Waals surface area contributed by atoms with Crippen LogP contribution in [0, 0.1) is 5.92 Å². The fraction of sp³-hybridized carbons (Fsp3) is 0.529. The van der Waals surface area contributed by atoms with Crippen molar-refractivity contribution in [2.45, 2.75) is 32.7 Å².